The number of para-hydroxylation sites is 2. The molecule has 3 rings (SSSR count). The molecule has 0 spiro atoms. The Morgan fingerprint density at radius 3 is 2.37 bits per heavy atom. The number of hydrogen-bond donors (Lipinski definition) is 2. The summed E-state index contributed by atoms with van der Waals surface area (Å²) in [6.07, 6.45) is 0. The second-order valence-corrected chi connectivity index (χ2v) is 6.48. The van der Waals surface area contributed by atoms with Crippen LogP contribution in [0.25, 0.3) is 0 Å². The average molecular weight is 370 g/mol. The summed E-state index contributed by atoms with van der Waals surface area (Å²) in [4.78, 5) is 27.4. The maximum Gasteiger partial charge on any atom is 0.292 e. The third-order valence-corrected chi connectivity index (χ3v) is 4.81. The molecular weight excluding hydrogens is 348 g/mol. The molecule has 0 unspecified atom stereocenters. The highest BCUT2D eigenvalue weighted by atomic mass is 16.6. The summed E-state index contributed by atoms with van der Waals surface area (Å²) in [6.45, 7) is 4.72. The van der Waals surface area contributed by atoms with Gasteiger partial charge in [0.15, 0.2) is 0 Å². The van der Waals surface area contributed by atoms with Crippen molar-refractivity contribution in [3.8, 4) is 5.75 Å². The molecular formula is C19H22N4O4. The molecule has 1 fully saturated rings. The van der Waals surface area contributed by atoms with Gasteiger partial charge in [0, 0.05) is 37.9 Å². The number of piperazine rings is 1. The highest BCUT2D eigenvalue weighted by molar-refractivity contribution is 5.96. The van der Waals surface area contributed by atoms with Crippen molar-refractivity contribution in [2.75, 3.05) is 36.4 Å². The molecule has 1 atom stereocenters. The van der Waals surface area contributed by atoms with Crippen LogP contribution < -0.4 is 10.2 Å². The van der Waals surface area contributed by atoms with E-state index in [1.807, 2.05) is 12.1 Å². The van der Waals surface area contributed by atoms with Crippen molar-refractivity contribution in [3.05, 3.63) is 58.6 Å². The first kappa shape index (κ1) is 18.7. The quantitative estimate of drug-likeness (QED) is 0.620. The van der Waals surface area contributed by atoms with E-state index in [0.29, 0.717) is 13.1 Å². The van der Waals surface area contributed by atoms with Crippen LogP contribution in [-0.2, 0) is 4.79 Å². The van der Waals surface area contributed by atoms with Gasteiger partial charge < -0.3 is 15.3 Å². The molecule has 1 saturated heterocycles. The summed E-state index contributed by atoms with van der Waals surface area (Å²) in [5.41, 5.74) is 1.13. The Kier molecular flexibility index (Phi) is 5.56. The number of phenolic OH excluding ortho intramolecular Hbond substituents is 1. The highest BCUT2D eigenvalue weighted by Gasteiger charge is 2.27. The number of carbonyl (C=O) groups excluding carboxylic acids is 1. The zero-order chi connectivity index (χ0) is 19.4. The van der Waals surface area contributed by atoms with E-state index in [2.05, 4.69) is 15.1 Å². The third kappa shape index (κ3) is 4.35. The minimum atomic E-state index is -0.503. The summed E-state index contributed by atoms with van der Waals surface area (Å²) in [5, 5.41) is 23.2. The van der Waals surface area contributed by atoms with Crippen molar-refractivity contribution in [3.63, 3.8) is 0 Å². The number of amides is 1. The van der Waals surface area contributed by atoms with Crippen molar-refractivity contribution in [2.24, 2.45) is 0 Å². The number of carbonyl (C=O) groups is 1. The first-order valence-corrected chi connectivity index (χ1v) is 8.78. The van der Waals surface area contributed by atoms with Crippen LogP contribution in [0.2, 0.25) is 0 Å². The molecule has 0 radical (unpaired) electrons. The highest BCUT2D eigenvalue weighted by Crippen LogP contribution is 2.24. The van der Waals surface area contributed by atoms with Crippen molar-refractivity contribution in [1.82, 2.24) is 4.90 Å². The predicted molar refractivity (Wildman–Crippen MR) is 103 cm³/mol. The van der Waals surface area contributed by atoms with Crippen LogP contribution >= 0.6 is 0 Å². The van der Waals surface area contributed by atoms with Crippen LogP contribution in [0.3, 0.4) is 0 Å². The number of nitrogens with zero attached hydrogens (tertiary/aromatic N) is 3. The molecule has 2 aromatic carbocycles. The van der Waals surface area contributed by atoms with Gasteiger partial charge in [-0.25, -0.2) is 0 Å². The van der Waals surface area contributed by atoms with Crippen LogP contribution in [-0.4, -0.2) is 53.1 Å². The van der Waals surface area contributed by atoms with Gasteiger partial charge >= 0.3 is 0 Å². The van der Waals surface area contributed by atoms with Gasteiger partial charge in [-0.05, 0) is 37.3 Å². The molecule has 0 aromatic heterocycles. The molecule has 1 amide bonds. The SMILES string of the molecule is C[C@H](C(=O)Nc1ccccc1[N+](=O)[O-])N1CCN(c2ccc(O)cc2)CC1. The molecule has 1 heterocycles. The molecule has 1 aliphatic rings. The van der Waals surface area contributed by atoms with E-state index >= 15 is 0 Å². The largest absolute Gasteiger partial charge is 0.508 e. The number of nitro groups is 1. The lowest BCUT2D eigenvalue weighted by Gasteiger charge is -2.38. The van der Waals surface area contributed by atoms with Crippen molar-refractivity contribution in [1.29, 1.82) is 0 Å². The van der Waals surface area contributed by atoms with E-state index < -0.39 is 11.0 Å². The molecule has 2 aromatic rings. The Morgan fingerprint density at radius 2 is 1.74 bits per heavy atom. The van der Waals surface area contributed by atoms with Gasteiger partial charge in [0.05, 0.1) is 11.0 Å². The topological polar surface area (TPSA) is 98.9 Å². The number of rotatable bonds is 5. The van der Waals surface area contributed by atoms with Crippen molar-refractivity contribution < 1.29 is 14.8 Å². The van der Waals surface area contributed by atoms with Crippen molar-refractivity contribution in [2.45, 2.75) is 13.0 Å². The van der Waals surface area contributed by atoms with Gasteiger partial charge in [0.25, 0.3) is 5.69 Å². The molecule has 8 nitrogen and oxygen atoms in total. The summed E-state index contributed by atoms with van der Waals surface area (Å²) in [5.74, 6) is -0.0277. The van der Waals surface area contributed by atoms with E-state index in [9.17, 15) is 20.0 Å². The summed E-state index contributed by atoms with van der Waals surface area (Å²) in [6, 6.07) is 12.8. The van der Waals surface area contributed by atoms with Crippen molar-refractivity contribution >= 4 is 23.0 Å². The summed E-state index contributed by atoms with van der Waals surface area (Å²) < 4.78 is 0. The Balaban J connectivity index is 1.59. The second-order valence-electron chi connectivity index (χ2n) is 6.48. The van der Waals surface area contributed by atoms with Crippen LogP contribution in [0.4, 0.5) is 17.1 Å². The smallest absolute Gasteiger partial charge is 0.292 e. The Hall–Kier alpha value is -3.13. The Morgan fingerprint density at radius 1 is 1.11 bits per heavy atom. The summed E-state index contributed by atoms with van der Waals surface area (Å²) in [7, 11) is 0. The lowest BCUT2D eigenvalue weighted by atomic mass is 10.2. The fourth-order valence-corrected chi connectivity index (χ4v) is 3.17. The Labute approximate surface area is 157 Å². The molecule has 27 heavy (non-hydrogen) atoms. The van der Waals surface area contributed by atoms with E-state index in [1.165, 1.54) is 12.1 Å². The predicted octanol–water partition coefficient (Wildman–Crippen LogP) is 2.45. The van der Waals surface area contributed by atoms with Gasteiger partial charge in [-0.15, -0.1) is 0 Å². The molecule has 8 heteroatoms. The van der Waals surface area contributed by atoms with E-state index in [1.54, 1.807) is 31.2 Å². The fraction of sp³-hybridized carbons (Fsp3) is 0.316. The monoisotopic (exact) mass is 370 g/mol. The molecule has 2 N–H and O–H groups in total. The van der Waals surface area contributed by atoms with Gasteiger partial charge in [0.2, 0.25) is 5.91 Å². The lowest BCUT2D eigenvalue weighted by Crippen LogP contribution is -2.52. The number of hydrogen-bond acceptors (Lipinski definition) is 6. The third-order valence-electron chi connectivity index (χ3n) is 4.81. The number of benzene rings is 2. The minimum absolute atomic E-state index is 0.116. The second kappa shape index (κ2) is 8.05. The van der Waals surface area contributed by atoms with Gasteiger partial charge in [-0.1, -0.05) is 12.1 Å². The van der Waals surface area contributed by atoms with Crippen LogP contribution in [0.1, 0.15) is 6.92 Å². The Bertz CT molecular complexity index is 817. The maximum absolute atomic E-state index is 12.6. The fourth-order valence-electron chi connectivity index (χ4n) is 3.17. The average Bonchev–Trinajstić information content (AvgIpc) is 2.68. The van der Waals surface area contributed by atoms with Gasteiger partial charge in [-0.3, -0.25) is 19.8 Å². The van der Waals surface area contributed by atoms with Crippen LogP contribution in [0.5, 0.6) is 5.75 Å². The number of aromatic hydroxyl groups is 1. The first-order valence-electron chi connectivity index (χ1n) is 8.78. The standard InChI is InChI=1S/C19H22N4O4/c1-14(19(25)20-17-4-2-3-5-18(17)23(26)27)21-10-12-22(13-11-21)15-6-8-16(24)9-7-15/h2-9,14,24H,10-13H2,1H3,(H,20,25)/t14-/m1/s1. The zero-order valence-corrected chi connectivity index (χ0v) is 15.0. The maximum atomic E-state index is 12.6. The molecule has 142 valence electrons. The minimum Gasteiger partial charge on any atom is -0.508 e. The number of nitro benzene ring substituents is 1. The van der Waals surface area contributed by atoms with E-state index in [4.69, 9.17) is 0 Å². The lowest BCUT2D eigenvalue weighted by molar-refractivity contribution is -0.383. The molecule has 1 aliphatic heterocycles. The van der Waals surface area contributed by atoms with Gasteiger partial charge in [0.1, 0.15) is 11.4 Å². The molecule has 0 saturated carbocycles. The molecule has 0 aliphatic carbocycles. The van der Waals surface area contributed by atoms with Crippen LogP contribution in [0.15, 0.2) is 48.5 Å². The summed E-state index contributed by atoms with van der Waals surface area (Å²) >= 11 is 0. The van der Waals surface area contributed by atoms with Gasteiger partial charge in [-0.2, -0.15) is 0 Å². The number of anilines is 2. The number of nitrogens with one attached hydrogen (secondary N) is 1. The first-order chi connectivity index (χ1) is 13.0. The molecule has 0 bridgehead atoms. The normalized spacial score (nSPS) is 16.0. The van der Waals surface area contributed by atoms with E-state index in [0.717, 1.165) is 18.8 Å². The zero-order valence-electron chi connectivity index (χ0n) is 15.0. The van der Waals surface area contributed by atoms with Crippen LogP contribution in [0, 0.1) is 10.1 Å². The number of phenols is 1. The van der Waals surface area contributed by atoms with E-state index in [-0.39, 0.29) is 23.0 Å².